The molecule has 0 aliphatic carbocycles. The van der Waals surface area contributed by atoms with Crippen LogP contribution in [0.1, 0.15) is 29.3 Å². The van der Waals surface area contributed by atoms with E-state index in [0.717, 1.165) is 6.29 Å². The van der Waals surface area contributed by atoms with Gasteiger partial charge >= 0.3 is 0 Å². The molecule has 4 nitrogen and oxygen atoms in total. The summed E-state index contributed by atoms with van der Waals surface area (Å²) in [7, 11) is 1.44. The number of hydrogen-bond acceptors (Lipinski definition) is 4. The number of aliphatic hydroxyl groups is 1. The predicted molar refractivity (Wildman–Crippen MR) is 68.2 cm³/mol. The molecule has 96 valence electrons. The Bertz CT molecular complexity index is 373. The Hall–Kier alpha value is -0.940. The molecule has 2 atom stereocenters. The lowest BCUT2D eigenvalue weighted by molar-refractivity contribution is -0.106. The van der Waals surface area contributed by atoms with Crippen LogP contribution in [0.15, 0.2) is 24.3 Å². The fourth-order valence-electron chi connectivity index (χ4n) is 1.60. The van der Waals surface area contributed by atoms with Gasteiger partial charge < -0.3 is 9.84 Å². The zero-order chi connectivity index (χ0) is 12.2. The molecule has 1 aromatic carbocycles. The minimum absolute atomic E-state index is 0. The third-order valence-corrected chi connectivity index (χ3v) is 2.69. The molecule has 1 aromatic rings. The van der Waals surface area contributed by atoms with Crippen molar-refractivity contribution in [3.05, 3.63) is 35.4 Å². The number of nitrogens with two attached hydrogens (primary N) is 1. The summed E-state index contributed by atoms with van der Waals surface area (Å²) < 4.78 is 5.19. The fraction of sp³-hybridized carbons (Fsp3) is 0.417. The molecule has 0 amide bonds. The van der Waals surface area contributed by atoms with E-state index in [9.17, 15) is 9.90 Å². The highest BCUT2D eigenvalue weighted by molar-refractivity contribution is 5.85. The summed E-state index contributed by atoms with van der Waals surface area (Å²) in [6, 6.07) is 6.73. The Morgan fingerprint density at radius 2 is 2.24 bits per heavy atom. The van der Waals surface area contributed by atoms with E-state index < -0.39 is 11.8 Å². The molecule has 0 saturated carbocycles. The maximum atomic E-state index is 10.7. The summed E-state index contributed by atoms with van der Waals surface area (Å²) in [6.07, 6.45) is 0.382. The van der Waals surface area contributed by atoms with Gasteiger partial charge in [0.25, 0.3) is 0 Å². The molecule has 0 heterocycles. The SMILES string of the molecule is CC[C@H](O)[C@@](N)(OC)c1cccc(C=O)c1.Cl. The Morgan fingerprint density at radius 3 is 2.71 bits per heavy atom. The molecule has 0 spiro atoms. The largest absolute Gasteiger partial charge is 0.388 e. The van der Waals surface area contributed by atoms with E-state index in [-0.39, 0.29) is 12.4 Å². The van der Waals surface area contributed by atoms with Crippen LogP contribution in [0.4, 0.5) is 0 Å². The molecule has 0 saturated heterocycles. The van der Waals surface area contributed by atoms with Crippen LogP contribution in [0, 0.1) is 0 Å². The van der Waals surface area contributed by atoms with E-state index in [1.54, 1.807) is 24.3 Å². The summed E-state index contributed by atoms with van der Waals surface area (Å²) in [4.78, 5) is 10.7. The highest BCUT2D eigenvalue weighted by atomic mass is 35.5. The number of benzene rings is 1. The molecular weight excluding hydrogens is 242 g/mol. The minimum atomic E-state index is -1.27. The maximum Gasteiger partial charge on any atom is 0.168 e. The van der Waals surface area contributed by atoms with Crippen LogP contribution < -0.4 is 5.73 Å². The van der Waals surface area contributed by atoms with Crippen molar-refractivity contribution in [2.24, 2.45) is 5.73 Å². The monoisotopic (exact) mass is 259 g/mol. The molecule has 0 bridgehead atoms. The number of aldehydes is 1. The first-order valence-electron chi connectivity index (χ1n) is 5.16. The number of rotatable bonds is 5. The molecule has 17 heavy (non-hydrogen) atoms. The second-order valence-corrected chi connectivity index (χ2v) is 3.66. The van der Waals surface area contributed by atoms with Gasteiger partial charge in [0, 0.05) is 18.2 Å². The van der Waals surface area contributed by atoms with Gasteiger partial charge in [0.15, 0.2) is 5.72 Å². The highest BCUT2D eigenvalue weighted by Gasteiger charge is 2.34. The molecule has 0 aromatic heterocycles. The summed E-state index contributed by atoms with van der Waals surface area (Å²) in [5.74, 6) is 0. The number of aliphatic hydroxyl groups excluding tert-OH is 1. The molecule has 0 radical (unpaired) electrons. The second kappa shape index (κ2) is 6.71. The number of methoxy groups -OCH3 is 1. The summed E-state index contributed by atoms with van der Waals surface area (Å²) in [5.41, 5.74) is 5.84. The summed E-state index contributed by atoms with van der Waals surface area (Å²) in [6.45, 7) is 1.81. The molecule has 3 N–H and O–H groups in total. The van der Waals surface area contributed by atoms with Crippen LogP contribution in [0.2, 0.25) is 0 Å². The van der Waals surface area contributed by atoms with Crippen molar-refractivity contribution in [1.82, 2.24) is 0 Å². The van der Waals surface area contributed by atoms with E-state index in [1.165, 1.54) is 7.11 Å². The quantitative estimate of drug-likeness (QED) is 0.620. The zero-order valence-electron chi connectivity index (χ0n) is 9.92. The van der Waals surface area contributed by atoms with Gasteiger partial charge in [-0.3, -0.25) is 10.5 Å². The average Bonchev–Trinajstić information content (AvgIpc) is 2.36. The smallest absolute Gasteiger partial charge is 0.168 e. The number of ether oxygens (including phenoxy) is 1. The van der Waals surface area contributed by atoms with Gasteiger partial charge in [-0.25, -0.2) is 0 Å². The maximum absolute atomic E-state index is 10.7. The average molecular weight is 260 g/mol. The van der Waals surface area contributed by atoms with Crippen molar-refractivity contribution in [2.45, 2.75) is 25.2 Å². The molecule has 0 unspecified atom stereocenters. The Morgan fingerprint density at radius 1 is 1.59 bits per heavy atom. The van der Waals surface area contributed by atoms with Crippen LogP contribution >= 0.6 is 12.4 Å². The van der Waals surface area contributed by atoms with Crippen LogP contribution in [0.5, 0.6) is 0 Å². The number of carbonyl (C=O) groups is 1. The van der Waals surface area contributed by atoms with Crippen LogP contribution in [0.25, 0.3) is 0 Å². The molecule has 0 aliphatic rings. The number of carbonyl (C=O) groups excluding carboxylic acids is 1. The van der Waals surface area contributed by atoms with Gasteiger partial charge in [0.05, 0.1) is 0 Å². The lowest BCUT2D eigenvalue weighted by Crippen LogP contribution is -2.49. The standard InChI is InChI=1S/C12H17NO3.ClH/c1-3-11(15)12(13,16-2)10-6-4-5-9(7-10)8-14;/h4-8,11,15H,3,13H2,1-2H3;1H/t11-,12-;/m0./s1. The first-order chi connectivity index (χ1) is 7.58. The van der Waals surface area contributed by atoms with E-state index in [0.29, 0.717) is 17.5 Å². The third kappa shape index (κ3) is 3.26. The Kier molecular flexibility index (Phi) is 6.34. The molecule has 1 rings (SSSR count). The van der Waals surface area contributed by atoms with Crippen LogP contribution in [-0.2, 0) is 10.5 Å². The van der Waals surface area contributed by atoms with E-state index in [2.05, 4.69) is 0 Å². The minimum Gasteiger partial charge on any atom is -0.388 e. The van der Waals surface area contributed by atoms with Crippen LogP contribution in [-0.4, -0.2) is 24.6 Å². The van der Waals surface area contributed by atoms with Gasteiger partial charge in [0.2, 0.25) is 0 Å². The first kappa shape index (κ1) is 16.1. The van der Waals surface area contributed by atoms with Gasteiger partial charge in [-0.05, 0) is 12.5 Å². The second-order valence-electron chi connectivity index (χ2n) is 3.66. The summed E-state index contributed by atoms with van der Waals surface area (Å²) >= 11 is 0. The Labute approximate surface area is 107 Å². The van der Waals surface area contributed by atoms with Gasteiger partial charge in [-0.1, -0.05) is 25.1 Å². The Balaban J connectivity index is 0.00000256. The highest BCUT2D eigenvalue weighted by Crippen LogP contribution is 2.25. The predicted octanol–water partition coefficient (Wildman–Crippen LogP) is 1.45. The van der Waals surface area contributed by atoms with Crippen molar-refractivity contribution in [1.29, 1.82) is 0 Å². The van der Waals surface area contributed by atoms with E-state index >= 15 is 0 Å². The third-order valence-electron chi connectivity index (χ3n) is 2.69. The van der Waals surface area contributed by atoms with Crippen molar-refractivity contribution in [3.63, 3.8) is 0 Å². The van der Waals surface area contributed by atoms with E-state index in [4.69, 9.17) is 10.5 Å². The van der Waals surface area contributed by atoms with E-state index in [1.807, 2.05) is 6.92 Å². The van der Waals surface area contributed by atoms with Crippen molar-refractivity contribution in [3.8, 4) is 0 Å². The van der Waals surface area contributed by atoms with Gasteiger partial charge in [0.1, 0.15) is 12.4 Å². The first-order valence-corrected chi connectivity index (χ1v) is 5.16. The van der Waals surface area contributed by atoms with Gasteiger partial charge in [-0.2, -0.15) is 0 Å². The van der Waals surface area contributed by atoms with Crippen molar-refractivity contribution >= 4 is 18.7 Å². The molecular formula is C12H18ClNO3. The normalized spacial score (nSPS) is 15.5. The van der Waals surface area contributed by atoms with Crippen LogP contribution in [0.3, 0.4) is 0 Å². The fourth-order valence-corrected chi connectivity index (χ4v) is 1.60. The number of hydrogen-bond donors (Lipinski definition) is 2. The lowest BCUT2D eigenvalue weighted by Gasteiger charge is -2.32. The molecule has 5 heteroatoms. The van der Waals surface area contributed by atoms with Gasteiger partial charge in [-0.15, -0.1) is 12.4 Å². The zero-order valence-corrected chi connectivity index (χ0v) is 10.7. The lowest BCUT2D eigenvalue weighted by atomic mass is 9.94. The number of halogens is 1. The molecule has 0 aliphatic heterocycles. The topological polar surface area (TPSA) is 72.6 Å². The van der Waals surface area contributed by atoms with Crippen molar-refractivity contribution < 1.29 is 14.6 Å². The summed E-state index contributed by atoms with van der Waals surface area (Å²) in [5, 5.41) is 9.86. The van der Waals surface area contributed by atoms with Crippen molar-refractivity contribution in [2.75, 3.05) is 7.11 Å². The molecule has 0 fully saturated rings.